The molecule has 0 aliphatic carbocycles. The maximum absolute atomic E-state index is 14.0. The van der Waals surface area contributed by atoms with Gasteiger partial charge in [-0.2, -0.15) is 0 Å². The third-order valence-corrected chi connectivity index (χ3v) is 3.89. The van der Waals surface area contributed by atoms with Gasteiger partial charge in [-0.1, -0.05) is 24.3 Å². The van der Waals surface area contributed by atoms with Crippen LogP contribution in [0.1, 0.15) is 12.0 Å². The molecule has 0 amide bonds. The van der Waals surface area contributed by atoms with Crippen LogP contribution in [-0.2, 0) is 10.3 Å². The quantitative estimate of drug-likeness (QED) is 0.812. The first-order valence-electron chi connectivity index (χ1n) is 6.55. The fraction of sp³-hybridized carbons (Fsp3) is 0.467. The van der Waals surface area contributed by atoms with E-state index in [0.717, 1.165) is 0 Å². The van der Waals surface area contributed by atoms with Crippen LogP contribution < -0.4 is 5.73 Å². The zero-order valence-electron chi connectivity index (χ0n) is 11.1. The molecule has 1 saturated heterocycles. The summed E-state index contributed by atoms with van der Waals surface area (Å²) in [4.78, 5) is 0. The lowest BCUT2D eigenvalue weighted by molar-refractivity contribution is 0.0499. The van der Waals surface area contributed by atoms with E-state index in [4.69, 9.17) is 10.5 Å². The Morgan fingerprint density at radius 3 is 2.80 bits per heavy atom. The molecule has 0 radical (unpaired) electrons. The Morgan fingerprint density at radius 1 is 1.50 bits per heavy atom. The molecule has 1 aromatic carbocycles. The standard InChI is InChI=1S/C15H19F2NO2/c1-2-5-13-14(12(19)8-20-13)15(18,9-16)10-6-3-4-7-11(10)17/h2-4,6-7,12-14,19H,1,5,8-9,18H2/t12-,13+,14-,15-/m1/s1. The van der Waals surface area contributed by atoms with Crippen molar-refractivity contribution in [2.75, 3.05) is 13.3 Å². The number of halogens is 2. The minimum Gasteiger partial charge on any atom is -0.390 e. The van der Waals surface area contributed by atoms with Crippen LogP contribution in [0.15, 0.2) is 36.9 Å². The van der Waals surface area contributed by atoms with Crippen LogP contribution in [0.25, 0.3) is 0 Å². The van der Waals surface area contributed by atoms with Crippen LogP contribution in [-0.4, -0.2) is 30.6 Å². The minimum atomic E-state index is -1.62. The summed E-state index contributed by atoms with van der Waals surface area (Å²) in [5.41, 5.74) is 4.59. The average molecular weight is 283 g/mol. The Labute approximate surface area is 117 Å². The summed E-state index contributed by atoms with van der Waals surface area (Å²) < 4.78 is 33.1. The number of rotatable bonds is 5. The van der Waals surface area contributed by atoms with E-state index in [1.165, 1.54) is 18.2 Å². The summed E-state index contributed by atoms with van der Waals surface area (Å²) in [5.74, 6) is -1.30. The highest BCUT2D eigenvalue weighted by Crippen LogP contribution is 2.39. The Bertz CT molecular complexity index is 483. The summed E-state index contributed by atoms with van der Waals surface area (Å²) >= 11 is 0. The predicted molar refractivity (Wildman–Crippen MR) is 72.3 cm³/mol. The molecule has 20 heavy (non-hydrogen) atoms. The van der Waals surface area contributed by atoms with Crippen LogP contribution in [0.4, 0.5) is 8.78 Å². The van der Waals surface area contributed by atoms with Crippen molar-refractivity contribution in [2.24, 2.45) is 11.7 Å². The largest absolute Gasteiger partial charge is 0.390 e. The molecular formula is C15H19F2NO2. The van der Waals surface area contributed by atoms with Crippen molar-refractivity contribution >= 4 is 0 Å². The van der Waals surface area contributed by atoms with E-state index in [-0.39, 0.29) is 12.2 Å². The molecule has 110 valence electrons. The second kappa shape index (κ2) is 5.99. The van der Waals surface area contributed by atoms with Crippen molar-refractivity contribution in [3.63, 3.8) is 0 Å². The van der Waals surface area contributed by atoms with Gasteiger partial charge in [0.1, 0.15) is 12.5 Å². The van der Waals surface area contributed by atoms with Crippen LogP contribution in [0, 0.1) is 11.7 Å². The molecule has 2 rings (SSSR count). The summed E-state index contributed by atoms with van der Waals surface area (Å²) in [6.45, 7) is 2.70. The molecular weight excluding hydrogens is 264 g/mol. The lowest BCUT2D eigenvalue weighted by Crippen LogP contribution is -2.53. The van der Waals surface area contributed by atoms with E-state index in [2.05, 4.69) is 6.58 Å². The lowest BCUT2D eigenvalue weighted by atomic mass is 9.74. The highest BCUT2D eigenvalue weighted by Gasteiger charge is 2.50. The normalized spacial score (nSPS) is 29.1. The zero-order chi connectivity index (χ0) is 14.8. The summed E-state index contributed by atoms with van der Waals surface area (Å²) in [5, 5.41) is 10.1. The molecule has 5 heteroatoms. The topological polar surface area (TPSA) is 55.5 Å². The van der Waals surface area contributed by atoms with Gasteiger partial charge < -0.3 is 15.6 Å². The van der Waals surface area contributed by atoms with Crippen molar-refractivity contribution in [2.45, 2.75) is 24.2 Å². The lowest BCUT2D eigenvalue weighted by Gasteiger charge is -2.37. The van der Waals surface area contributed by atoms with Crippen molar-refractivity contribution in [1.29, 1.82) is 0 Å². The SMILES string of the molecule is C=CC[C@@H]1OC[C@@H](O)[C@H]1[C@@](N)(CF)c1ccccc1F. The number of hydrogen-bond donors (Lipinski definition) is 2. The number of benzene rings is 1. The minimum absolute atomic E-state index is 0.0612. The summed E-state index contributed by atoms with van der Waals surface area (Å²) in [6.07, 6.45) is 0.647. The van der Waals surface area contributed by atoms with Gasteiger partial charge in [-0.15, -0.1) is 6.58 Å². The van der Waals surface area contributed by atoms with Gasteiger partial charge in [-0.05, 0) is 12.5 Å². The zero-order valence-corrected chi connectivity index (χ0v) is 11.1. The van der Waals surface area contributed by atoms with Crippen LogP contribution in [0.3, 0.4) is 0 Å². The van der Waals surface area contributed by atoms with E-state index in [9.17, 15) is 13.9 Å². The Kier molecular flexibility index (Phi) is 4.52. The maximum atomic E-state index is 14.0. The van der Waals surface area contributed by atoms with Gasteiger partial charge in [0.15, 0.2) is 0 Å². The number of aliphatic hydroxyl groups is 1. The molecule has 1 fully saturated rings. The fourth-order valence-electron chi connectivity index (χ4n) is 2.91. The van der Waals surface area contributed by atoms with Gasteiger partial charge in [-0.3, -0.25) is 0 Å². The molecule has 1 aliphatic rings. The number of aliphatic hydroxyl groups excluding tert-OH is 1. The third kappa shape index (κ3) is 2.49. The van der Waals surface area contributed by atoms with E-state index in [1.807, 2.05) is 0 Å². The number of alkyl halides is 1. The summed E-state index contributed by atoms with van der Waals surface area (Å²) in [6, 6.07) is 5.79. The highest BCUT2D eigenvalue weighted by atomic mass is 19.1. The van der Waals surface area contributed by atoms with Gasteiger partial charge in [0, 0.05) is 11.5 Å². The highest BCUT2D eigenvalue weighted by molar-refractivity contribution is 5.28. The predicted octanol–water partition coefficient (Wildman–Crippen LogP) is 1.90. The third-order valence-electron chi connectivity index (χ3n) is 3.89. The van der Waals surface area contributed by atoms with Crippen molar-refractivity contribution < 1.29 is 18.6 Å². The molecule has 3 nitrogen and oxygen atoms in total. The van der Waals surface area contributed by atoms with E-state index >= 15 is 0 Å². The molecule has 1 aromatic rings. The smallest absolute Gasteiger partial charge is 0.128 e. The molecule has 1 aliphatic heterocycles. The number of nitrogens with two attached hydrogens (primary N) is 1. The molecule has 0 saturated carbocycles. The summed E-state index contributed by atoms with van der Waals surface area (Å²) in [7, 11) is 0. The van der Waals surface area contributed by atoms with E-state index in [0.29, 0.717) is 6.42 Å². The number of ether oxygens (including phenoxy) is 1. The second-order valence-corrected chi connectivity index (χ2v) is 5.14. The van der Waals surface area contributed by atoms with Crippen molar-refractivity contribution in [1.82, 2.24) is 0 Å². The van der Waals surface area contributed by atoms with Crippen LogP contribution in [0.2, 0.25) is 0 Å². The molecule has 4 atom stereocenters. The van der Waals surface area contributed by atoms with Gasteiger partial charge >= 0.3 is 0 Å². The molecule has 0 unspecified atom stereocenters. The first kappa shape index (κ1) is 15.1. The molecule has 1 heterocycles. The Balaban J connectivity index is 2.43. The molecule has 0 aromatic heterocycles. The first-order valence-corrected chi connectivity index (χ1v) is 6.55. The maximum Gasteiger partial charge on any atom is 0.128 e. The average Bonchev–Trinajstić information content (AvgIpc) is 2.81. The van der Waals surface area contributed by atoms with Gasteiger partial charge in [0.2, 0.25) is 0 Å². The van der Waals surface area contributed by atoms with Gasteiger partial charge in [0.05, 0.1) is 24.4 Å². The monoisotopic (exact) mass is 283 g/mol. The molecule has 0 spiro atoms. The van der Waals surface area contributed by atoms with Gasteiger partial charge in [-0.25, -0.2) is 8.78 Å². The second-order valence-electron chi connectivity index (χ2n) is 5.14. The van der Waals surface area contributed by atoms with E-state index < -0.39 is 36.2 Å². The van der Waals surface area contributed by atoms with E-state index in [1.54, 1.807) is 12.1 Å². The molecule has 3 N–H and O–H groups in total. The molecule has 0 bridgehead atoms. The van der Waals surface area contributed by atoms with Gasteiger partial charge in [0.25, 0.3) is 0 Å². The fourth-order valence-corrected chi connectivity index (χ4v) is 2.91. The Hall–Kier alpha value is -1.30. The Morgan fingerprint density at radius 2 is 2.20 bits per heavy atom. The van der Waals surface area contributed by atoms with Crippen molar-refractivity contribution in [3.8, 4) is 0 Å². The van der Waals surface area contributed by atoms with Crippen molar-refractivity contribution in [3.05, 3.63) is 48.3 Å². The van der Waals surface area contributed by atoms with Crippen LogP contribution >= 0.6 is 0 Å². The number of hydrogen-bond acceptors (Lipinski definition) is 3. The van der Waals surface area contributed by atoms with Crippen LogP contribution in [0.5, 0.6) is 0 Å². The first-order chi connectivity index (χ1) is 9.54.